The average molecular weight is 416 g/mol. The summed E-state index contributed by atoms with van der Waals surface area (Å²) in [5.74, 6) is 3.99. The molecule has 0 unspecified atom stereocenters. The molecule has 5 heteroatoms. The Labute approximate surface area is 180 Å². The highest BCUT2D eigenvalue weighted by Crippen LogP contribution is 2.24. The number of benzene rings is 3. The quantitative estimate of drug-likeness (QED) is 0.306. The fourth-order valence-electron chi connectivity index (χ4n) is 2.84. The molecule has 3 aromatic rings. The maximum absolute atomic E-state index is 14.0. The Kier molecular flexibility index (Phi) is 6.84. The minimum absolute atomic E-state index is 0.104. The SMILES string of the molecule is CC#Cc1ccc(C(=O)Oc2ccc(-c3ccc(C(=O)OC(C)C)cc3)cc2)cc1F. The average Bonchev–Trinajstić information content (AvgIpc) is 2.75. The molecule has 156 valence electrons. The van der Waals surface area contributed by atoms with Crippen LogP contribution in [0.25, 0.3) is 11.1 Å². The van der Waals surface area contributed by atoms with Gasteiger partial charge in [0.2, 0.25) is 0 Å². The van der Waals surface area contributed by atoms with Gasteiger partial charge in [-0.3, -0.25) is 0 Å². The number of esters is 2. The van der Waals surface area contributed by atoms with Crippen LogP contribution in [0.3, 0.4) is 0 Å². The van der Waals surface area contributed by atoms with E-state index in [2.05, 4.69) is 11.8 Å². The van der Waals surface area contributed by atoms with Gasteiger partial charge in [-0.1, -0.05) is 30.2 Å². The Morgan fingerprint density at radius 2 is 1.42 bits per heavy atom. The van der Waals surface area contributed by atoms with E-state index in [4.69, 9.17) is 9.47 Å². The van der Waals surface area contributed by atoms with Gasteiger partial charge >= 0.3 is 11.9 Å². The van der Waals surface area contributed by atoms with E-state index >= 15 is 0 Å². The molecule has 0 amide bonds. The van der Waals surface area contributed by atoms with Gasteiger partial charge in [0.15, 0.2) is 0 Å². The molecule has 0 aliphatic rings. The molecule has 0 saturated carbocycles. The summed E-state index contributed by atoms with van der Waals surface area (Å²) >= 11 is 0. The van der Waals surface area contributed by atoms with Crippen molar-refractivity contribution in [3.63, 3.8) is 0 Å². The van der Waals surface area contributed by atoms with E-state index in [1.54, 1.807) is 57.2 Å². The minimum atomic E-state index is -0.657. The van der Waals surface area contributed by atoms with Crippen LogP contribution in [0.4, 0.5) is 4.39 Å². The third-order valence-electron chi connectivity index (χ3n) is 4.33. The summed E-state index contributed by atoms with van der Waals surface area (Å²) in [6.45, 7) is 5.21. The number of ether oxygens (including phenoxy) is 2. The highest BCUT2D eigenvalue weighted by Gasteiger charge is 2.12. The summed E-state index contributed by atoms with van der Waals surface area (Å²) in [4.78, 5) is 24.2. The number of rotatable bonds is 5. The molecule has 0 N–H and O–H groups in total. The van der Waals surface area contributed by atoms with Crippen LogP contribution in [0.5, 0.6) is 5.75 Å². The molecule has 0 aliphatic heterocycles. The molecular weight excluding hydrogens is 395 g/mol. The van der Waals surface area contributed by atoms with E-state index in [1.165, 1.54) is 12.1 Å². The normalized spacial score (nSPS) is 10.2. The van der Waals surface area contributed by atoms with Crippen molar-refractivity contribution in [2.45, 2.75) is 26.9 Å². The first kappa shape index (κ1) is 21.8. The second-order valence-corrected chi connectivity index (χ2v) is 7.01. The predicted octanol–water partition coefficient (Wildman–Crippen LogP) is 5.65. The lowest BCUT2D eigenvalue weighted by Crippen LogP contribution is -2.11. The van der Waals surface area contributed by atoms with Crippen molar-refractivity contribution >= 4 is 11.9 Å². The third kappa shape index (κ3) is 5.58. The number of carbonyl (C=O) groups excluding carboxylic acids is 2. The summed E-state index contributed by atoms with van der Waals surface area (Å²) < 4.78 is 24.5. The zero-order valence-corrected chi connectivity index (χ0v) is 17.4. The van der Waals surface area contributed by atoms with Gasteiger partial charge in [-0.25, -0.2) is 14.0 Å². The second-order valence-electron chi connectivity index (χ2n) is 7.01. The van der Waals surface area contributed by atoms with E-state index in [1.807, 2.05) is 12.1 Å². The van der Waals surface area contributed by atoms with Gasteiger partial charge in [-0.05, 0) is 74.4 Å². The van der Waals surface area contributed by atoms with Gasteiger partial charge < -0.3 is 9.47 Å². The summed E-state index contributed by atoms with van der Waals surface area (Å²) in [5, 5.41) is 0. The van der Waals surface area contributed by atoms with Crippen molar-refractivity contribution in [1.82, 2.24) is 0 Å². The Morgan fingerprint density at radius 1 is 0.839 bits per heavy atom. The summed E-state index contributed by atoms with van der Waals surface area (Å²) in [5.41, 5.74) is 2.59. The van der Waals surface area contributed by atoms with Crippen LogP contribution in [0.1, 0.15) is 47.1 Å². The van der Waals surface area contributed by atoms with Crippen LogP contribution < -0.4 is 4.74 Å². The highest BCUT2D eigenvalue weighted by molar-refractivity contribution is 5.91. The van der Waals surface area contributed by atoms with E-state index in [0.717, 1.165) is 17.2 Å². The van der Waals surface area contributed by atoms with Crippen LogP contribution in [-0.2, 0) is 4.74 Å². The lowest BCUT2D eigenvalue weighted by molar-refractivity contribution is 0.0377. The van der Waals surface area contributed by atoms with Crippen LogP contribution in [0.2, 0.25) is 0 Å². The van der Waals surface area contributed by atoms with Crippen molar-refractivity contribution in [2.24, 2.45) is 0 Å². The van der Waals surface area contributed by atoms with E-state index in [-0.39, 0.29) is 23.2 Å². The fraction of sp³-hybridized carbons (Fsp3) is 0.154. The molecule has 4 nitrogen and oxygen atoms in total. The molecule has 0 aliphatic carbocycles. The van der Waals surface area contributed by atoms with Crippen molar-refractivity contribution in [2.75, 3.05) is 0 Å². The second kappa shape index (κ2) is 9.73. The number of hydrogen-bond acceptors (Lipinski definition) is 4. The highest BCUT2D eigenvalue weighted by atomic mass is 19.1. The third-order valence-corrected chi connectivity index (χ3v) is 4.33. The molecule has 0 spiro atoms. The molecule has 0 fully saturated rings. The van der Waals surface area contributed by atoms with Gasteiger partial charge in [-0.15, -0.1) is 5.92 Å². The van der Waals surface area contributed by atoms with Gasteiger partial charge in [-0.2, -0.15) is 0 Å². The Bertz CT molecular complexity index is 1150. The van der Waals surface area contributed by atoms with E-state index in [9.17, 15) is 14.0 Å². The van der Waals surface area contributed by atoms with Crippen LogP contribution in [0, 0.1) is 17.7 Å². The summed E-state index contributed by atoms with van der Waals surface area (Å²) in [6, 6.07) is 18.0. The Hall–Kier alpha value is -3.91. The lowest BCUT2D eigenvalue weighted by Gasteiger charge is -2.09. The summed E-state index contributed by atoms with van der Waals surface area (Å²) in [6.07, 6.45) is -0.179. The van der Waals surface area contributed by atoms with Crippen LogP contribution in [-0.4, -0.2) is 18.0 Å². The molecular formula is C26H21FO4. The standard InChI is InChI=1S/C26H21FO4/c1-4-5-20-8-11-22(16-24(20)27)26(29)31-23-14-12-19(13-15-23)18-6-9-21(10-7-18)25(28)30-17(2)3/h6-17H,1-3H3. The molecule has 0 aromatic heterocycles. The smallest absolute Gasteiger partial charge is 0.343 e. The Balaban J connectivity index is 1.68. The topological polar surface area (TPSA) is 52.6 Å². The zero-order chi connectivity index (χ0) is 22.4. The molecule has 0 saturated heterocycles. The number of hydrogen-bond donors (Lipinski definition) is 0. The minimum Gasteiger partial charge on any atom is -0.459 e. The zero-order valence-electron chi connectivity index (χ0n) is 17.4. The van der Waals surface area contributed by atoms with E-state index in [0.29, 0.717) is 11.3 Å². The van der Waals surface area contributed by atoms with Crippen LogP contribution in [0.15, 0.2) is 66.7 Å². The number of carbonyl (C=O) groups is 2. The van der Waals surface area contributed by atoms with E-state index < -0.39 is 11.8 Å². The molecule has 0 atom stereocenters. The molecule has 3 aromatic carbocycles. The van der Waals surface area contributed by atoms with Crippen molar-refractivity contribution < 1.29 is 23.5 Å². The van der Waals surface area contributed by atoms with Crippen LogP contribution >= 0.6 is 0 Å². The first-order chi connectivity index (χ1) is 14.9. The van der Waals surface area contributed by atoms with Gasteiger partial charge in [0.1, 0.15) is 11.6 Å². The summed E-state index contributed by atoms with van der Waals surface area (Å²) in [7, 11) is 0. The van der Waals surface area contributed by atoms with Crippen molar-refractivity contribution in [3.05, 3.63) is 89.2 Å². The molecule has 0 heterocycles. The molecule has 0 bridgehead atoms. The fourth-order valence-corrected chi connectivity index (χ4v) is 2.84. The molecule has 0 radical (unpaired) electrons. The van der Waals surface area contributed by atoms with Gasteiger partial charge in [0.25, 0.3) is 0 Å². The first-order valence-electron chi connectivity index (χ1n) is 9.73. The lowest BCUT2D eigenvalue weighted by atomic mass is 10.0. The first-order valence-corrected chi connectivity index (χ1v) is 9.73. The maximum atomic E-state index is 14.0. The van der Waals surface area contributed by atoms with Gasteiger partial charge in [0, 0.05) is 0 Å². The number of halogens is 1. The predicted molar refractivity (Wildman–Crippen MR) is 116 cm³/mol. The maximum Gasteiger partial charge on any atom is 0.343 e. The Morgan fingerprint density at radius 3 is 1.97 bits per heavy atom. The molecule has 31 heavy (non-hydrogen) atoms. The molecule has 3 rings (SSSR count). The largest absolute Gasteiger partial charge is 0.459 e. The van der Waals surface area contributed by atoms with Crippen molar-refractivity contribution in [3.8, 4) is 28.7 Å². The monoisotopic (exact) mass is 416 g/mol. The van der Waals surface area contributed by atoms with Crippen molar-refractivity contribution in [1.29, 1.82) is 0 Å². The van der Waals surface area contributed by atoms with Gasteiger partial charge in [0.05, 0.1) is 22.8 Å².